The number of amides is 1. The predicted octanol–water partition coefficient (Wildman–Crippen LogP) is 3.68. The summed E-state index contributed by atoms with van der Waals surface area (Å²) in [5.74, 6) is -0.255. The molecule has 0 saturated heterocycles. The zero-order chi connectivity index (χ0) is 20.8. The molecule has 150 valence electrons. The molecule has 0 bridgehead atoms. The van der Waals surface area contributed by atoms with E-state index in [0.717, 1.165) is 22.8 Å². The van der Waals surface area contributed by atoms with Crippen LogP contribution in [-0.2, 0) is 9.53 Å². The van der Waals surface area contributed by atoms with Gasteiger partial charge in [0.1, 0.15) is 5.75 Å². The molecule has 1 aromatic heterocycles. The van der Waals surface area contributed by atoms with Crippen LogP contribution in [0.25, 0.3) is 5.69 Å². The smallest absolute Gasteiger partial charge is 0.338 e. The van der Waals surface area contributed by atoms with Crippen LogP contribution in [0.15, 0.2) is 54.6 Å². The first-order chi connectivity index (χ1) is 14.0. The van der Waals surface area contributed by atoms with Crippen LogP contribution in [0.5, 0.6) is 5.75 Å². The van der Waals surface area contributed by atoms with Gasteiger partial charge in [0, 0.05) is 11.4 Å². The maximum absolute atomic E-state index is 12.2. The van der Waals surface area contributed by atoms with Crippen molar-refractivity contribution in [2.75, 3.05) is 18.5 Å². The Morgan fingerprint density at radius 1 is 1.03 bits per heavy atom. The maximum Gasteiger partial charge on any atom is 0.338 e. The molecule has 1 amide bonds. The first kappa shape index (κ1) is 20.1. The Labute approximate surface area is 169 Å². The number of carbonyl (C=O) groups is 2. The molecule has 1 heterocycles. The molecule has 7 heteroatoms. The summed E-state index contributed by atoms with van der Waals surface area (Å²) in [6.45, 7) is 5.99. The van der Waals surface area contributed by atoms with E-state index in [0.29, 0.717) is 17.9 Å². The number of nitrogens with zero attached hydrogens (tertiary/aromatic N) is 2. The van der Waals surface area contributed by atoms with Crippen LogP contribution in [0, 0.1) is 13.8 Å². The number of esters is 1. The molecule has 0 aliphatic rings. The van der Waals surface area contributed by atoms with E-state index >= 15 is 0 Å². The molecule has 3 aromatic rings. The van der Waals surface area contributed by atoms with E-state index < -0.39 is 11.9 Å². The van der Waals surface area contributed by atoms with Gasteiger partial charge < -0.3 is 14.8 Å². The number of anilines is 1. The van der Waals surface area contributed by atoms with Crippen molar-refractivity contribution in [3.05, 3.63) is 71.5 Å². The number of hydrogen-bond donors (Lipinski definition) is 1. The summed E-state index contributed by atoms with van der Waals surface area (Å²) in [5, 5.41) is 7.08. The largest absolute Gasteiger partial charge is 0.494 e. The summed E-state index contributed by atoms with van der Waals surface area (Å²) in [5.41, 5.74) is 3.74. The zero-order valence-electron chi connectivity index (χ0n) is 16.6. The van der Waals surface area contributed by atoms with Gasteiger partial charge in [-0.2, -0.15) is 5.10 Å². The minimum Gasteiger partial charge on any atom is -0.494 e. The lowest BCUT2D eigenvalue weighted by Crippen LogP contribution is -2.20. The van der Waals surface area contributed by atoms with E-state index in [-0.39, 0.29) is 6.61 Å². The number of aryl methyl sites for hydroxylation is 2. The Morgan fingerprint density at radius 3 is 2.31 bits per heavy atom. The van der Waals surface area contributed by atoms with Crippen LogP contribution >= 0.6 is 0 Å². The van der Waals surface area contributed by atoms with Crippen LogP contribution in [0.1, 0.15) is 28.7 Å². The third-order valence-electron chi connectivity index (χ3n) is 4.14. The van der Waals surface area contributed by atoms with Crippen molar-refractivity contribution >= 4 is 17.6 Å². The van der Waals surface area contributed by atoms with E-state index in [1.165, 1.54) is 0 Å². The molecule has 0 radical (unpaired) electrons. The van der Waals surface area contributed by atoms with Crippen molar-refractivity contribution in [3.63, 3.8) is 0 Å². The Hall–Kier alpha value is -3.61. The first-order valence-electron chi connectivity index (χ1n) is 9.30. The van der Waals surface area contributed by atoms with E-state index in [1.54, 1.807) is 53.2 Å². The second kappa shape index (κ2) is 9.05. The SMILES string of the molecule is CCOc1ccc(NC(=O)COC(=O)c2ccc(-n3nc(C)cc3C)cc2)cc1. The molecule has 0 atom stereocenters. The molecule has 2 aromatic carbocycles. The Kier molecular flexibility index (Phi) is 6.29. The van der Waals surface area contributed by atoms with E-state index in [4.69, 9.17) is 9.47 Å². The highest BCUT2D eigenvalue weighted by Crippen LogP contribution is 2.16. The van der Waals surface area contributed by atoms with Gasteiger partial charge in [-0.05, 0) is 75.4 Å². The molecule has 0 saturated carbocycles. The number of hydrogen-bond acceptors (Lipinski definition) is 5. The lowest BCUT2D eigenvalue weighted by atomic mass is 10.2. The van der Waals surface area contributed by atoms with Gasteiger partial charge in [-0.25, -0.2) is 9.48 Å². The standard InChI is InChI=1S/C22H23N3O4/c1-4-28-20-11-7-18(8-12-20)23-21(26)14-29-22(27)17-5-9-19(10-6-17)25-16(3)13-15(2)24-25/h5-13H,4,14H2,1-3H3,(H,23,26). The maximum atomic E-state index is 12.2. The number of aromatic nitrogens is 2. The molecule has 1 N–H and O–H groups in total. The van der Waals surface area contributed by atoms with Crippen LogP contribution < -0.4 is 10.1 Å². The van der Waals surface area contributed by atoms with Crippen molar-refractivity contribution < 1.29 is 19.1 Å². The second-order valence-electron chi connectivity index (χ2n) is 6.47. The first-order valence-corrected chi connectivity index (χ1v) is 9.30. The monoisotopic (exact) mass is 393 g/mol. The van der Waals surface area contributed by atoms with Crippen LogP contribution in [0.2, 0.25) is 0 Å². The number of ether oxygens (including phenoxy) is 2. The average Bonchev–Trinajstić information content (AvgIpc) is 3.06. The molecular formula is C22H23N3O4. The van der Waals surface area contributed by atoms with Gasteiger partial charge in [-0.3, -0.25) is 4.79 Å². The number of carbonyl (C=O) groups excluding carboxylic acids is 2. The fourth-order valence-electron chi connectivity index (χ4n) is 2.84. The number of benzene rings is 2. The van der Waals surface area contributed by atoms with E-state index in [2.05, 4.69) is 10.4 Å². The molecule has 7 nitrogen and oxygen atoms in total. The minimum absolute atomic E-state index is 0.365. The Bertz CT molecular complexity index is 992. The highest BCUT2D eigenvalue weighted by Gasteiger charge is 2.11. The lowest BCUT2D eigenvalue weighted by molar-refractivity contribution is -0.119. The summed E-state index contributed by atoms with van der Waals surface area (Å²) in [6.07, 6.45) is 0. The lowest BCUT2D eigenvalue weighted by Gasteiger charge is -2.09. The molecule has 29 heavy (non-hydrogen) atoms. The van der Waals surface area contributed by atoms with Crippen LogP contribution in [-0.4, -0.2) is 34.9 Å². The molecule has 0 spiro atoms. The Balaban J connectivity index is 1.53. The molecule has 0 aliphatic heterocycles. The van der Waals surface area contributed by atoms with Gasteiger partial charge in [-0.1, -0.05) is 0 Å². The summed E-state index contributed by atoms with van der Waals surface area (Å²) < 4.78 is 12.3. The van der Waals surface area contributed by atoms with Crippen molar-refractivity contribution in [3.8, 4) is 11.4 Å². The summed E-state index contributed by atoms with van der Waals surface area (Å²) in [7, 11) is 0. The minimum atomic E-state index is -0.563. The van der Waals surface area contributed by atoms with Crippen LogP contribution in [0.4, 0.5) is 5.69 Å². The van der Waals surface area contributed by atoms with Gasteiger partial charge in [0.2, 0.25) is 0 Å². The summed E-state index contributed by atoms with van der Waals surface area (Å²) in [4.78, 5) is 24.2. The fourth-order valence-corrected chi connectivity index (χ4v) is 2.84. The van der Waals surface area contributed by atoms with Crippen LogP contribution in [0.3, 0.4) is 0 Å². The van der Waals surface area contributed by atoms with Crippen molar-refractivity contribution in [1.82, 2.24) is 9.78 Å². The summed E-state index contributed by atoms with van der Waals surface area (Å²) >= 11 is 0. The fraction of sp³-hybridized carbons (Fsp3) is 0.227. The van der Waals surface area contributed by atoms with E-state index in [1.807, 2.05) is 26.8 Å². The van der Waals surface area contributed by atoms with Gasteiger partial charge in [0.05, 0.1) is 23.6 Å². The number of rotatable bonds is 7. The van der Waals surface area contributed by atoms with Gasteiger partial charge in [-0.15, -0.1) is 0 Å². The van der Waals surface area contributed by atoms with Gasteiger partial charge >= 0.3 is 5.97 Å². The quantitative estimate of drug-likeness (QED) is 0.619. The molecule has 3 rings (SSSR count). The topological polar surface area (TPSA) is 82.5 Å². The molecule has 0 fully saturated rings. The average molecular weight is 393 g/mol. The Morgan fingerprint density at radius 2 is 1.72 bits per heavy atom. The number of nitrogens with one attached hydrogen (secondary N) is 1. The molecule has 0 unspecified atom stereocenters. The van der Waals surface area contributed by atoms with Gasteiger partial charge in [0.15, 0.2) is 6.61 Å². The van der Waals surface area contributed by atoms with Crippen molar-refractivity contribution in [2.24, 2.45) is 0 Å². The normalized spacial score (nSPS) is 10.4. The predicted molar refractivity (Wildman–Crippen MR) is 110 cm³/mol. The highest BCUT2D eigenvalue weighted by molar-refractivity contribution is 5.95. The second-order valence-corrected chi connectivity index (χ2v) is 6.47. The van der Waals surface area contributed by atoms with E-state index in [9.17, 15) is 9.59 Å². The third kappa shape index (κ3) is 5.22. The summed E-state index contributed by atoms with van der Waals surface area (Å²) in [6, 6.07) is 15.8. The van der Waals surface area contributed by atoms with Crippen molar-refractivity contribution in [2.45, 2.75) is 20.8 Å². The van der Waals surface area contributed by atoms with Gasteiger partial charge in [0.25, 0.3) is 5.91 Å². The van der Waals surface area contributed by atoms with Crippen molar-refractivity contribution in [1.29, 1.82) is 0 Å². The molecular weight excluding hydrogens is 370 g/mol. The zero-order valence-corrected chi connectivity index (χ0v) is 16.6. The third-order valence-corrected chi connectivity index (χ3v) is 4.14. The molecule has 0 aliphatic carbocycles. The highest BCUT2D eigenvalue weighted by atomic mass is 16.5.